The molecule has 1 fully saturated rings. The van der Waals surface area contributed by atoms with Gasteiger partial charge < -0.3 is 39.6 Å². The smallest absolute Gasteiger partial charge is 0.158 e. The summed E-state index contributed by atoms with van der Waals surface area (Å²) in [4.78, 5) is 11.4. The standard InChI is InChI=1S/C35H43N5O5/c1-41-29-15-13-25(31(18-29)43-3)20-40(21-26-14-16-30(42-2)19-32(26)44-4)35-33(36)34(37-23-38-35)39-27-10-8-9-24(17-27)22-45-28-11-6-5-7-12-28/h5-7,11-16,18-19,23-24,27H,8-10,17,20-22,36H2,1-4H3,(H,37,38,39). The normalized spacial score (nSPS) is 16.0. The maximum Gasteiger partial charge on any atom is 0.158 e. The molecule has 10 nitrogen and oxygen atoms in total. The second kappa shape index (κ2) is 15.2. The molecule has 10 heteroatoms. The van der Waals surface area contributed by atoms with E-state index in [1.807, 2.05) is 66.7 Å². The van der Waals surface area contributed by atoms with Crippen LogP contribution >= 0.6 is 0 Å². The number of rotatable bonds is 14. The lowest BCUT2D eigenvalue weighted by molar-refractivity contribution is 0.202. The number of anilines is 3. The van der Waals surface area contributed by atoms with E-state index in [0.29, 0.717) is 65.9 Å². The van der Waals surface area contributed by atoms with Crippen molar-refractivity contribution in [3.8, 4) is 28.7 Å². The van der Waals surface area contributed by atoms with E-state index in [9.17, 15) is 0 Å². The molecule has 1 saturated carbocycles. The molecule has 1 aliphatic rings. The largest absolute Gasteiger partial charge is 0.497 e. The minimum absolute atomic E-state index is 0.227. The quantitative estimate of drug-likeness (QED) is 0.167. The highest BCUT2D eigenvalue weighted by Gasteiger charge is 2.25. The van der Waals surface area contributed by atoms with Crippen molar-refractivity contribution in [1.82, 2.24) is 9.97 Å². The summed E-state index contributed by atoms with van der Waals surface area (Å²) in [6.07, 6.45) is 5.82. The van der Waals surface area contributed by atoms with Crippen molar-refractivity contribution >= 4 is 17.3 Å². The number of nitrogen functional groups attached to an aromatic ring is 1. The zero-order valence-corrected chi connectivity index (χ0v) is 26.5. The molecule has 4 aromatic rings. The van der Waals surface area contributed by atoms with Crippen LogP contribution in [-0.4, -0.2) is 51.1 Å². The van der Waals surface area contributed by atoms with Gasteiger partial charge in [0.2, 0.25) is 0 Å². The molecule has 0 spiro atoms. The van der Waals surface area contributed by atoms with Crippen LogP contribution in [0, 0.1) is 5.92 Å². The molecule has 0 bridgehead atoms. The fourth-order valence-electron chi connectivity index (χ4n) is 5.83. The molecule has 2 atom stereocenters. The summed E-state index contributed by atoms with van der Waals surface area (Å²) in [5, 5.41) is 3.63. The predicted octanol–water partition coefficient (Wildman–Crippen LogP) is 6.35. The van der Waals surface area contributed by atoms with Gasteiger partial charge in [0.25, 0.3) is 0 Å². The molecule has 1 heterocycles. The number of ether oxygens (including phenoxy) is 5. The Morgan fingerprint density at radius 1 is 0.778 bits per heavy atom. The molecule has 5 rings (SSSR count). The van der Waals surface area contributed by atoms with Crippen molar-refractivity contribution in [2.45, 2.75) is 44.8 Å². The number of methoxy groups -OCH3 is 4. The van der Waals surface area contributed by atoms with E-state index >= 15 is 0 Å². The Labute approximate surface area is 265 Å². The van der Waals surface area contributed by atoms with Gasteiger partial charge in [0, 0.05) is 42.4 Å². The fraction of sp³-hybridized carbons (Fsp3) is 0.371. The highest BCUT2D eigenvalue weighted by molar-refractivity contribution is 5.75. The molecule has 0 radical (unpaired) electrons. The van der Waals surface area contributed by atoms with Gasteiger partial charge in [-0.15, -0.1) is 0 Å². The van der Waals surface area contributed by atoms with Gasteiger partial charge in [-0.1, -0.05) is 24.6 Å². The molecule has 1 aliphatic carbocycles. The van der Waals surface area contributed by atoms with Crippen LogP contribution in [0.1, 0.15) is 36.8 Å². The van der Waals surface area contributed by atoms with Crippen LogP contribution in [0.15, 0.2) is 73.1 Å². The number of hydrogen-bond donors (Lipinski definition) is 2. The van der Waals surface area contributed by atoms with Crippen molar-refractivity contribution in [2.24, 2.45) is 5.92 Å². The van der Waals surface area contributed by atoms with E-state index in [1.54, 1.807) is 34.8 Å². The number of hydrogen-bond acceptors (Lipinski definition) is 10. The minimum atomic E-state index is 0.227. The summed E-state index contributed by atoms with van der Waals surface area (Å²) >= 11 is 0. The third-order valence-electron chi connectivity index (χ3n) is 8.23. The van der Waals surface area contributed by atoms with E-state index in [2.05, 4.69) is 20.2 Å². The topological polar surface area (TPSA) is 113 Å². The van der Waals surface area contributed by atoms with E-state index in [4.69, 9.17) is 29.4 Å². The van der Waals surface area contributed by atoms with Crippen molar-refractivity contribution in [3.05, 3.63) is 84.2 Å². The highest BCUT2D eigenvalue weighted by Crippen LogP contribution is 2.35. The number of nitrogens with one attached hydrogen (secondary N) is 1. The van der Waals surface area contributed by atoms with E-state index in [1.165, 1.54) is 0 Å². The lowest BCUT2D eigenvalue weighted by Crippen LogP contribution is -2.31. The summed E-state index contributed by atoms with van der Waals surface area (Å²) in [5.74, 6) is 5.43. The first-order chi connectivity index (χ1) is 22.0. The van der Waals surface area contributed by atoms with Gasteiger partial charge in [0.05, 0.1) is 35.0 Å². The molecule has 0 saturated heterocycles. The summed E-state index contributed by atoms with van der Waals surface area (Å²) in [6.45, 7) is 1.62. The first-order valence-corrected chi connectivity index (χ1v) is 15.2. The number of benzene rings is 3. The lowest BCUT2D eigenvalue weighted by atomic mass is 9.86. The summed E-state index contributed by atoms with van der Waals surface area (Å²) in [5.41, 5.74) is 9.24. The third-order valence-corrected chi connectivity index (χ3v) is 8.23. The Morgan fingerprint density at radius 3 is 2.02 bits per heavy atom. The highest BCUT2D eigenvalue weighted by atomic mass is 16.5. The van der Waals surface area contributed by atoms with Crippen LogP contribution in [0.5, 0.6) is 28.7 Å². The number of para-hydroxylation sites is 1. The SMILES string of the molecule is COc1ccc(CN(Cc2ccc(OC)cc2OC)c2ncnc(NC3CCCC(COc4ccccc4)C3)c2N)c(OC)c1. The second-order valence-electron chi connectivity index (χ2n) is 11.2. The zero-order chi connectivity index (χ0) is 31.6. The van der Waals surface area contributed by atoms with Gasteiger partial charge in [-0.05, 0) is 61.6 Å². The molecule has 3 aromatic carbocycles. The average Bonchev–Trinajstić information content (AvgIpc) is 3.09. The van der Waals surface area contributed by atoms with E-state index < -0.39 is 0 Å². The first-order valence-electron chi connectivity index (χ1n) is 15.2. The lowest BCUT2D eigenvalue weighted by Gasteiger charge is -2.31. The van der Waals surface area contributed by atoms with Gasteiger partial charge in [0.15, 0.2) is 11.6 Å². The molecule has 3 N–H and O–H groups in total. The third kappa shape index (κ3) is 8.00. The molecule has 2 unspecified atom stereocenters. The summed E-state index contributed by atoms with van der Waals surface area (Å²) in [7, 11) is 6.58. The van der Waals surface area contributed by atoms with Crippen molar-refractivity contribution in [2.75, 3.05) is 51.0 Å². The van der Waals surface area contributed by atoms with Crippen LogP contribution in [0.4, 0.5) is 17.3 Å². The average molecular weight is 614 g/mol. The zero-order valence-electron chi connectivity index (χ0n) is 26.5. The van der Waals surface area contributed by atoms with E-state index in [0.717, 1.165) is 42.6 Å². The Bertz CT molecular complexity index is 1480. The molecular formula is C35H43N5O5. The van der Waals surface area contributed by atoms with Crippen molar-refractivity contribution in [1.29, 1.82) is 0 Å². The van der Waals surface area contributed by atoms with Gasteiger partial charge >= 0.3 is 0 Å². The predicted molar refractivity (Wildman–Crippen MR) is 177 cm³/mol. The Morgan fingerprint density at radius 2 is 1.42 bits per heavy atom. The Balaban J connectivity index is 1.39. The number of nitrogens with zero attached hydrogens (tertiary/aromatic N) is 3. The van der Waals surface area contributed by atoms with Crippen LogP contribution in [0.3, 0.4) is 0 Å². The fourth-order valence-corrected chi connectivity index (χ4v) is 5.83. The molecule has 1 aromatic heterocycles. The molecule has 0 amide bonds. The van der Waals surface area contributed by atoms with Gasteiger partial charge in [-0.25, -0.2) is 9.97 Å². The first kappa shape index (κ1) is 31.6. The van der Waals surface area contributed by atoms with Crippen LogP contribution in [-0.2, 0) is 13.1 Å². The Hall–Kier alpha value is -4.86. The van der Waals surface area contributed by atoms with Crippen molar-refractivity contribution < 1.29 is 23.7 Å². The van der Waals surface area contributed by atoms with Crippen LogP contribution < -0.4 is 39.6 Å². The molecular weight excluding hydrogens is 570 g/mol. The maximum absolute atomic E-state index is 6.85. The van der Waals surface area contributed by atoms with Gasteiger partial charge in [-0.3, -0.25) is 0 Å². The number of nitrogens with two attached hydrogens (primary N) is 1. The molecule has 45 heavy (non-hydrogen) atoms. The van der Waals surface area contributed by atoms with Crippen molar-refractivity contribution in [3.63, 3.8) is 0 Å². The Kier molecular flexibility index (Phi) is 10.7. The molecule has 238 valence electrons. The van der Waals surface area contributed by atoms with Gasteiger partial charge in [-0.2, -0.15) is 0 Å². The second-order valence-corrected chi connectivity index (χ2v) is 11.2. The number of aromatic nitrogens is 2. The van der Waals surface area contributed by atoms with E-state index in [-0.39, 0.29) is 6.04 Å². The maximum atomic E-state index is 6.85. The van der Waals surface area contributed by atoms with Crippen LogP contribution in [0.25, 0.3) is 0 Å². The monoisotopic (exact) mass is 613 g/mol. The minimum Gasteiger partial charge on any atom is -0.497 e. The summed E-state index contributed by atoms with van der Waals surface area (Å²) < 4.78 is 28.4. The van der Waals surface area contributed by atoms with Crippen LogP contribution in [0.2, 0.25) is 0 Å². The summed E-state index contributed by atoms with van der Waals surface area (Å²) in [6, 6.07) is 21.8. The van der Waals surface area contributed by atoms with Gasteiger partial charge in [0.1, 0.15) is 40.8 Å². The molecule has 0 aliphatic heterocycles.